The van der Waals surface area contributed by atoms with Gasteiger partial charge in [-0.3, -0.25) is 9.59 Å². The Morgan fingerprint density at radius 3 is 2.36 bits per heavy atom. The number of benzene rings is 2. The summed E-state index contributed by atoms with van der Waals surface area (Å²) in [5.41, 5.74) is 10.2. The summed E-state index contributed by atoms with van der Waals surface area (Å²) in [5.74, 6) is 1.93. The number of aromatic amines is 2. The number of imidazole rings is 2. The van der Waals surface area contributed by atoms with Gasteiger partial charge in [-0.25, -0.2) is 9.97 Å². The molecule has 8 nitrogen and oxygen atoms in total. The van der Waals surface area contributed by atoms with Gasteiger partial charge < -0.3 is 20.2 Å². The number of carbonyl (C=O) groups is 2. The van der Waals surface area contributed by atoms with Crippen LogP contribution in [0.5, 0.6) is 0 Å². The Balaban J connectivity index is 1.32. The molecule has 50 heavy (non-hydrogen) atoms. The molecule has 2 amide bonds. The Labute approximate surface area is 298 Å². The summed E-state index contributed by atoms with van der Waals surface area (Å²) >= 11 is 0. The molecule has 0 saturated carbocycles. The first-order valence-electron chi connectivity index (χ1n) is 18.5. The minimum Gasteiger partial charge on any atom is -0.344 e. The summed E-state index contributed by atoms with van der Waals surface area (Å²) < 4.78 is 0. The number of amides is 2. The third-order valence-electron chi connectivity index (χ3n) is 10.2. The molecule has 2 aromatic carbocycles. The molecule has 3 heterocycles. The maximum atomic E-state index is 13.7. The van der Waals surface area contributed by atoms with Crippen molar-refractivity contribution in [1.82, 2.24) is 30.2 Å². The summed E-state index contributed by atoms with van der Waals surface area (Å²) in [6.07, 6.45) is 11.4. The number of likely N-dealkylation sites (tertiary alicyclic amines) is 1. The average molecular weight is 677 g/mol. The number of hydrogen-bond acceptors (Lipinski definition) is 4. The summed E-state index contributed by atoms with van der Waals surface area (Å²) in [5, 5.41) is 2.99. The maximum Gasteiger partial charge on any atom is 0.246 e. The van der Waals surface area contributed by atoms with E-state index in [1.165, 1.54) is 40.7 Å². The van der Waals surface area contributed by atoms with E-state index in [-0.39, 0.29) is 29.7 Å². The first-order chi connectivity index (χ1) is 23.9. The third-order valence-corrected chi connectivity index (χ3v) is 10.2. The molecular formula is C42H56N6O2. The van der Waals surface area contributed by atoms with Crippen LogP contribution in [0.2, 0.25) is 0 Å². The van der Waals surface area contributed by atoms with Gasteiger partial charge in [-0.2, -0.15) is 0 Å². The lowest BCUT2D eigenvalue weighted by Crippen LogP contribution is -2.52. The van der Waals surface area contributed by atoms with Crippen LogP contribution in [0, 0.1) is 25.7 Å². The Morgan fingerprint density at radius 1 is 0.960 bits per heavy atom. The zero-order valence-corrected chi connectivity index (χ0v) is 31.5. The van der Waals surface area contributed by atoms with E-state index in [9.17, 15) is 9.59 Å². The molecule has 0 bridgehead atoms. The molecular weight excluding hydrogens is 621 g/mol. The molecule has 3 N–H and O–H groups in total. The molecule has 0 aliphatic carbocycles. The van der Waals surface area contributed by atoms with E-state index in [4.69, 9.17) is 9.97 Å². The van der Waals surface area contributed by atoms with Gasteiger partial charge in [0.05, 0.1) is 29.8 Å². The first kappa shape index (κ1) is 36.8. The van der Waals surface area contributed by atoms with Crippen LogP contribution in [0.3, 0.4) is 0 Å². The van der Waals surface area contributed by atoms with Crippen LogP contribution in [-0.2, 0) is 9.59 Å². The van der Waals surface area contributed by atoms with Crippen LogP contribution in [0.1, 0.15) is 126 Å². The first-order valence-corrected chi connectivity index (χ1v) is 18.5. The Bertz CT molecular complexity index is 1830. The number of H-pyrrole nitrogens is 2. The van der Waals surface area contributed by atoms with E-state index in [2.05, 4.69) is 92.4 Å². The monoisotopic (exact) mass is 676 g/mol. The van der Waals surface area contributed by atoms with Crippen LogP contribution in [0.15, 0.2) is 48.8 Å². The fourth-order valence-electron chi connectivity index (χ4n) is 6.91. The maximum absolute atomic E-state index is 13.7. The molecule has 0 radical (unpaired) electrons. The van der Waals surface area contributed by atoms with Gasteiger partial charge in [0.15, 0.2) is 0 Å². The van der Waals surface area contributed by atoms with Crippen molar-refractivity contribution in [2.24, 2.45) is 11.8 Å². The van der Waals surface area contributed by atoms with Crippen LogP contribution in [0.4, 0.5) is 0 Å². The highest BCUT2D eigenvalue weighted by molar-refractivity contribution is 5.89. The molecule has 1 saturated heterocycles. The van der Waals surface area contributed by atoms with Crippen LogP contribution in [0.25, 0.3) is 34.2 Å². The number of aryl methyl sites for hydroxylation is 2. The highest BCUT2D eigenvalue weighted by Crippen LogP contribution is 2.34. The summed E-state index contributed by atoms with van der Waals surface area (Å²) in [7, 11) is 0. The lowest BCUT2D eigenvalue weighted by molar-refractivity contribution is -0.139. The predicted molar refractivity (Wildman–Crippen MR) is 204 cm³/mol. The van der Waals surface area contributed by atoms with Gasteiger partial charge in [0.25, 0.3) is 0 Å². The minimum absolute atomic E-state index is 0.0148. The fraction of sp³-hybridized carbons (Fsp3) is 0.476. The molecule has 0 spiro atoms. The zero-order chi connectivity index (χ0) is 36.1. The summed E-state index contributed by atoms with van der Waals surface area (Å²) in [6, 6.07) is 12.4. The van der Waals surface area contributed by atoms with Crippen LogP contribution in [-0.4, -0.2) is 49.2 Å². The van der Waals surface area contributed by atoms with E-state index in [1.54, 1.807) is 0 Å². The number of hydrogen-bond donors (Lipinski definition) is 3. The van der Waals surface area contributed by atoms with Gasteiger partial charge >= 0.3 is 0 Å². The summed E-state index contributed by atoms with van der Waals surface area (Å²) in [6.45, 7) is 19.3. The second kappa shape index (κ2) is 16.0. The van der Waals surface area contributed by atoms with Crippen LogP contribution >= 0.6 is 0 Å². The van der Waals surface area contributed by atoms with Crippen molar-refractivity contribution >= 4 is 23.5 Å². The van der Waals surface area contributed by atoms with Gasteiger partial charge in [0, 0.05) is 23.9 Å². The van der Waals surface area contributed by atoms with Gasteiger partial charge in [-0.1, -0.05) is 84.7 Å². The number of aromatic nitrogens is 4. The minimum atomic E-state index is -0.555. The Kier molecular flexibility index (Phi) is 11.8. The second-order valence-electron chi connectivity index (χ2n) is 14.9. The Hall–Kier alpha value is -4.46. The molecule has 2 aromatic heterocycles. The van der Waals surface area contributed by atoms with Crippen molar-refractivity contribution in [3.8, 4) is 22.5 Å². The highest BCUT2D eigenvalue weighted by Gasteiger charge is 2.37. The smallest absolute Gasteiger partial charge is 0.246 e. The molecule has 1 aliphatic rings. The quantitative estimate of drug-likeness (QED) is 0.123. The van der Waals surface area contributed by atoms with Gasteiger partial charge in [0.2, 0.25) is 11.8 Å². The van der Waals surface area contributed by atoms with E-state index < -0.39 is 6.04 Å². The van der Waals surface area contributed by atoms with Crippen molar-refractivity contribution in [2.75, 3.05) is 6.54 Å². The molecule has 0 unspecified atom stereocenters. The summed E-state index contributed by atoms with van der Waals surface area (Å²) in [4.78, 5) is 44.7. The molecule has 4 aromatic rings. The molecule has 1 fully saturated rings. The predicted octanol–water partition coefficient (Wildman–Crippen LogP) is 9.40. The van der Waals surface area contributed by atoms with E-state index in [1.807, 2.05) is 45.0 Å². The molecule has 266 valence electrons. The van der Waals surface area contributed by atoms with Crippen molar-refractivity contribution in [1.29, 1.82) is 0 Å². The van der Waals surface area contributed by atoms with Crippen molar-refractivity contribution in [2.45, 2.75) is 112 Å². The van der Waals surface area contributed by atoms with Gasteiger partial charge in [-0.15, -0.1) is 0 Å². The fourth-order valence-corrected chi connectivity index (χ4v) is 6.91. The number of nitrogens with one attached hydrogen (secondary N) is 3. The van der Waals surface area contributed by atoms with Crippen molar-refractivity contribution in [3.63, 3.8) is 0 Å². The highest BCUT2D eigenvalue weighted by atomic mass is 16.2. The largest absolute Gasteiger partial charge is 0.344 e. The molecule has 1 aliphatic heterocycles. The van der Waals surface area contributed by atoms with E-state index in [0.29, 0.717) is 12.5 Å². The number of allylic oxidation sites excluding steroid dienone is 1. The van der Waals surface area contributed by atoms with Crippen molar-refractivity contribution in [3.05, 3.63) is 82.7 Å². The van der Waals surface area contributed by atoms with E-state index >= 15 is 0 Å². The topological polar surface area (TPSA) is 107 Å². The SMILES string of the molecule is CCCC[C@H](C)c1ncc(-c2ccc(C)c(/C=C(\C)c3ccc(-c4cnc([C@@H]5CCCN5C(=O)[C@@H](NC(=O)C(C)C)C(C)C)[nH]4)cc3C)c2)[nH]1. The van der Waals surface area contributed by atoms with Gasteiger partial charge in [-0.05, 0) is 91.5 Å². The third kappa shape index (κ3) is 8.28. The number of unbranched alkanes of at least 4 members (excludes halogenated alkanes) is 1. The zero-order valence-electron chi connectivity index (χ0n) is 31.5. The number of rotatable bonds is 13. The normalized spacial score (nSPS) is 16.3. The molecule has 8 heteroatoms. The lowest BCUT2D eigenvalue weighted by atomic mass is 9.95. The van der Waals surface area contributed by atoms with Gasteiger partial charge in [0.1, 0.15) is 17.7 Å². The molecule has 5 rings (SSSR count). The second-order valence-corrected chi connectivity index (χ2v) is 14.9. The number of carbonyl (C=O) groups excluding carboxylic acids is 2. The van der Waals surface area contributed by atoms with Crippen molar-refractivity contribution < 1.29 is 9.59 Å². The molecule has 3 atom stereocenters. The Morgan fingerprint density at radius 2 is 1.66 bits per heavy atom. The average Bonchev–Trinajstić information content (AvgIpc) is 3.88. The van der Waals surface area contributed by atoms with Crippen LogP contribution < -0.4 is 5.32 Å². The standard InChI is InChI=1S/C42H56N6O2/c1-10-11-13-28(7)39-43-23-36(45-39)32-16-15-27(6)33(22-32)21-30(9)34-18-17-31(20-29(34)8)35-24-44-40(46-35)37-14-12-19-48(37)42(50)38(25(2)3)47-41(49)26(4)5/h15-18,20-26,28,37-38H,10-14,19H2,1-9H3,(H,43,45)(H,44,46)(H,47,49)/b30-21+/t28-,37-,38-/m0/s1. The lowest BCUT2D eigenvalue weighted by Gasteiger charge is -2.30. The van der Waals surface area contributed by atoms with E-state index in [0.717, 1.165) is 53.4 Å². The number of nitrogens with zero attached hydrogens (tertiary/aromatic N) is 3.